The summed E-state index contributed by atoms with van der Waals surface area (Å²) < 4.78 is 5.00. The van der Waals surface area contributed by atoms with Crippen molar-refractivity contribution in [3.63, 3.8) is 0 Å². The summed E-state index contributed by atoms with van der Waals surface area (Å²) in [5, 5.41) is 0.709. The van der Waals surface area contributed by atoms with Gasteiger partial charge in [-0.05, 0) is 29.7 Å². The molecule has 92 valence electrons. The number of halogens is 1. The van der Waals surface area contributed by atoms with Crippen molar-refractivity contribution in [2.45, 2.75) is 12.3 Å². The van der Waals surface area contributed by atoms with E-state index in [2.05, 4.69) is 6.08 Å². The number of rotatable bonds is 1. The zero-order valence-electron chi connectivity index (χ0n) is 10.0. The van der Waals surface area contributed by atoms with Gasteiger partial charge in [0.25, 0.3) is 0 Å². The smallest absolute Gasteiger partial charge is 0.316 e. The number of ether oxygens (including phenoxy) is 1. The van der Waals surface area contributed by atoms with Crippen LogP contribution in [0.25, 0.3) is 0 Å². The molecule has 3 rings (SSSR count). The molecule has 0 saturated carbocycles. The van der Waals surface area contributed by atoms with Gasteiger partial charge in [-0.1, -0.05) is 42.0 Å². The fourth-order valence-corrected chi connectivity index (χ4v) is 3.23. The monoisotopic (exact) mass is 260 g/mol. The lowest BCUT2D eigenvalue weighted by Crippen LogP contribution is -2.34. The summed E-state index contributed by atoms with van der Waals surface area (Å²) in [5.41, 5.74) is 1.72. The predicted molar refractivity (Wildman–Crippen MR) is 70.6 cm³/mol. The van der Waals surface area contributed by atoms with E-state index < -0.39 is 5.41 Å². The number of allylic oxidation sites excluding steroid dienone is 3. The second-order valence-corrected chi connectivity index (χ2v) is 5.21. The van der Waals surface area contributed by atoms with Gasteiger partial charge in [0.1, 0.15) is 5.41 Å². The van der Waals surface area contributed by atoms with Crippen LogP contribution in [0.3, 0.4) is 0 Å². The predicted octanol–water partition coefficient (Wildman–Crippen LogP) is 3.27. The van der Waals surface area contributed by atoms with Crippen molar-refractivity contribution in [3.05, 3.63) is 58.7 Å². The van der Waals surface area contributed by atoms with E-state index in [4.69, 9.17) is 16.3 Å². The largest absolute Gasteiger partial charge is 0.468 e. The first-order chi connectivity index (χ1) is 8.67. The number of hydrogen-bond acceptors (Lipinski definition) is 2. The molecule has 0 aliphatic heterocycles. The molecule has 18 heavy (non-hydrogen) atoms. The van der Waals surface area contributed by atoms with Gasteiger partial charge in [0.05, 0.1) is 7.11 Å². The Labute approximate surface area is 111 Å². The van der Waals surface area contributed by atoms with Crippen molar-refractivity contribution in [3.8, 4) is 0 Å². The molecule has 2 aliphatic rings. The first-order valence-corrected chi connectivity index (χ1v) is 6.28. The van der Waals surface area contributed by atoms with E-state index in [0.717, 1.165) is 5.56 Å². The zero-order valence-corrected chi connectivity index (χ0v) is 10.8. The van der Waals surface area contributed by atoms with E-state index in [-0.39, 0.29) is 11.9 Å². The van der Waals surface area contributed by atoms with Crippen molar-refractivity contribution in [1.29, 1.82) is 0 Å². The molecular weight excluding hydrogens is 248 g/mol. The second-order valence-electron chi connectivity index (χ2n) is 4.77. The van der Waals surface area contributed by atoms with Gasteiger partial charge < -0.3 is 4.74 Å². The number of hydrogen-bond donors (Lipinski definition) is 0. The Balaban J connectivity index is 2.15. The molecule has 1 aromatic carbocycles. The van der Waals surface area contributed by atoms with Crippen LogP contribution in [0, 0.1) is 5.41 Å². The lowest BCUT2D eigenvalue weighted by atomic mass is 9.73. The summed E-state index contributed by atoms with van der Waals surface area (Å²) in [5.74, 6) is -0.123. The molecule has 0 fully saturated rings. The Kier molecular flexibility index (Phi) is 2.56. The second kappa shape index (κ2) is 3.99. The fraction of sp³-hybridized carbons (Fsp3) is 0.267. The van der Waals surface area contributed by atoms with E-state index in [1.165, 1.54) is 12.7 Å². The Morgan fingerprint density at radius 2 is 2.28 bits per heavy atom. The number of carbonyl (C=O) groups is 1. The Morgan fingerprint density at radius 1 is 1.44 bits per heavy atom. The maximum atomic E-state index is 12.2. The minimum Gasteiger partial charge on any atom is -0.468 e. The van der Waals surface area contributed by atoms with Crippen LogP contribution < -0.4 is 0 Å². The molecule has 0 radical (unpaired) electrons. The highest BCUT2D eigenvalue weighted by molar-refractivity contribution is 6.30. The Hall–Kier alpha value is -1.54. The fourth-order valence-electron chi connectivity index (χ4n) is 3.03. The number of methoxy groups -OCH3 is 1. The lowest BCUT2D eigenvalue weighted by Gasteiger charge is -2.30. The van der Waals surface area contributed by atoms with Crippen LogP contribution in [0.4, 0.5) is 0 Å². The van der Waals surface area contributed by atoms with E-state index in [1.807, 2.05) is 36.4 Å². The Bertz CT molecular complexity index is 574. The molecule has 0 heterocycles. The van der Waals surface area contributed by atoms with Crippen LogP contribution in [-0.2, 0) is 16.0 Å². The average molecular weight is 261 g/mol. The molecule has 2 aliphatic carbocycles. The van der Waals surface area contributed by atoms with E-state index in [1.54, 1.807) is 0 Å². The molecule has 2 nitrogen and oxygen atoms in total. The highest BCUT2D eigenvalue weighted by Crippen LogP contribution is 2.51. The standard InChI is InChI=1S/C15H13ClO2/c1-18-14(17)15-7-3-2-4-13(15)12-6-5-11(16)8-10(12)9-15/h2-8,13H,9H2,1H3/t13-,15-/m0/s1. The van der Waals surface area contributed by atoms with Crippen LogP contribution in [-0.4, -0.2) is 13.1 Å². The van der Waals surface area contributed by atoms with E-state index in [0.29, 0.717) is 11.4 Å². The summed E-state index contributed by atoms with van der Waals surface area (Å²) in [7, 11) is 1.44. The molecule has 0 unspecified atom stereocenters. The molecule has 0 bridgehead atoms. The van der Waals surface area contributed by atoms with Gasteiger partial charge in [0.2, 0.25) is 0 Å². The zero-order chi connectivity index (χ0) is 12.8. The number of fused-ring (bicyclic) bond motifs is 3. The van der Waals surface area contributed by atoms with Crippen molar-refractivity contribution in [2.75, 3.05) is 7.11 Å². The third-order valence-corrected chi connectivity index (χ3v) is 4.09. The van der Waals surface area contributed by atoms with Crippen LogP contribution in [0.15, 0.2) is 42.5 Å². The highest BCUT2D eigenvalue weighted by atomic mass is 35.5. The first-order valence-electron chi connectivity index (χ1n) is 5.90. The summed E-state index contributed by atoms with van der Waals surface area (Å²) >= 11 is 6.03. The third-order valence-electron chi connectivity index (χ3n) is 3.85. The van der Waals surface area contributed by atoms with Crippen molar-refractivity contribution >= 4 is 17.6 Å². The number of esters is 1. The maximum Gasteiger partial charge on any atom is 0.316 e. The quantitative estimate of drug-likeness (QED) is 0.725. The van der Waals surface area contributed by atoms with E-state index in [9.17, 15) is 4.79 Å². The van der Waals surface area contributed by atoms with Crippen LogP contribution in [0.1, 0.15) is 17.0 Å². The van der Waals surface area contributed by atoms with Gasteiger partial charge in [-0.2, -0.15) is 0 Å². The summed E-state index contributed by atoms with van der Waals surface area (Å²) in [6.45, 7) is 0. The summed E-state index contributed by atoms with van der Waals surface area (Å²) in [4.78, 5) is 12.2. The van der Waals surface area contributed by atoms with E-state index >= 15 is 0 Å². The Morgan fingerprint density at radius 3 is 3.06 bits per heavy atom. The molecule has 0 spiro atoms. The van der Waals surface area contributed by atoms with Gasteiger partial charge in [0, 0.05) is 10.9 Å². The van der Waals surface area contributed by atoms with Gasteiger partial charge in [-0.3, -0.25) is 4.79 Å². The molecule has 2 atom stereocenters. The SMILES string of the molecule is COC(=O)[C@]12C=CC=C[C@H]1c1ccc(Cl)cc1C2. The van der Waals surface area contributed by atoms with Crippen molar-refractivity contribution in [2.24, 2.45) is 5.41 Å². The number of benzene rings is 1. The summed E-state index contributed by atoms with van der Waals surface area (Å²) in [6, 6.07) is 5.83. The van der Waals surface area contributed by atoms with Gasteiger partial charge in [-0.15, -0.1) is 0 Å². The van der Waals surface area contributed by atoms with Crippen molar-refractivity contribution < 1.29 is 9.53 Å². The van der Waals surface area contributed by atoms with Gasteiger partial charge in [-0.25, -0.2) is 0 Å². The van der Waals surface area contributed by atoms with Crippen LogP contribution in [0.5, 0.6) is 0 Å². The minimum absolute atomic E-state index is 0.0576. The number of carbonyl (C=O) groups excluding carboxylic acids is 1. The average Bonchev–Trinajstić information content (AvgIpc) is 2.72. The van der Waals surface area contributed by atoms with Crippen LogP contribution in [0.2, 0.25) is 5.02 Å². The third kappa shape index (κ3) is 1.45. The first kappa shape index (κ1) is 11.5. The van der Waals surface area contributed by atoms with Gasteiger partial charge >= 0.3 is 5.97 Å². The molecule has 0 aromatic heterocycles. The van der Waals surface area contributed by atoms with Gasteiger partial charge in [0.15, 0.2) is 0 Å². The minimum atomic E-state index is -0.587. The maximum absolute atomic E-state index is 12.2. The molecular formula is C15H13ClO2. The van der Waals surface area contributed by atoms with Crippen molar-refractivity contribution in [1.82, 2.24) is 0 Å². The molecule has 1 aromatic rings. The van der Waals surface area contributed by atoms with Crippen LogP contribution >= 0.6 is 11.6 Å². The normalized spacial score (nSPS) is 27.8. The highest BCUT2D eigenvalue weighted by Gasteiger charge is 2.50. The molecule has 0 N–H and O–H groups in total. The molecule has 0 saturated heterocycles. The summed E-state index contributed by atoms with van der Waals surface area (Å²) in [6.07, 6.45) is 8.58. The lowest BCUT2D eigenvalue weighted by molar-refractivity contribution is -0.150. The molecule has 0 amide bonds. The topological polar surface area (TPSA) is 26.3 Å². The molecule has 3 heteroatoms.